The van der Waals surface area contributed by atoms with Gasteiger partial charge in [-0.2, -0.15) is 0 Å². The third-order valence-corrected chi connectivity index (χ3v) is 8.06. The van der Waals surface area contributed by atoms with E-state index in [4.69, 9.17) is 4.74 Å². The predicted octanol–water partition coefficient (Wildman–Crippen LogP) is 4.97. The van der Waals surface area contributed by atoms with Crippen LogP contribution in [0.2, 0.25) is 0 Å². The molecule has 2 amide bonds. The maximum absolute atomic E-state index is 13.2. The highest BCUT2D eigenvalue weighted by Crippen LogP contribution is 2.30. The molecule has 1 aliphatic rings. The van der Waals surface area contributed by atoms with Gasteiger partial charge in [0.1, 0.15) is 23.4 Å². The van der Waals surface area contributed by atoms with Gasteiger partial charge < -0.3 is 25.3 Å². The van der Waals surface area contributed by atoms with Crippen LogP contribution >= 0.6 is 0 Å². The maximum Gasteiger partial charge on any atom is 0.407 e. The number of alkyl carbamates (subject to hydrolysis) is 1. The molecule has 0 unspecified atom stereocenters. The van der Waals surface area contributed by atoms with Crippen molar-refractivity contribution in [2.24, 2.45) is 0 Å². The van der Waals surface area contributed by atoms with Crippen molar-refractivity contribution in [3.05, 3.63) is 96.6 Å². The van der Waals surface area contributed by atoms with E-state index in [1.165, 1.54) is 13.5 Å². The standard InChI is InChI=1S/C33H35N9O3/c1-20(38-32(43)29(41-33(44)45-3)23-8-5-4-6-9-23)30-36-17-25(39-30)22-13-11-21(12-14-22)24-16-35-26(18-34-24)27-19-37-31(40-27)28-10-7-15-42(28)2/h4-6,8-9,11-14,16-20,28-29H,7,10,15H2,1-3H3,(H,36,39)(H,37,40)(H,38,43)(H,41,44)/t20-,28-,29+/m0/s1. The summed E-state index contributed by atoms with van der Waals surface area (Å²) in [5.74, 6) is 1.16. The van der Waals surface area contributed by atoms with Crippen LogP contribution in [0.15, 0.2) is 79.4 Å². The van der Waals surface area contributed by atoms with E-state index in [2.05, 4.69) is 52.5 Å². The first-order valence-electron chi connectivity index (χ1n) is 14.8. The lowest BCUT2D eigenvalue weighted by Gasteiger charge is -2.20. The minimum absolute atomic E-state index is 0.319. The SMILES string of the molecule is COC(=O)N[C@@H](C(=O)N[C@@H](C)c1ncc(-c2ccc(-c3cnc(-c4cnc([C@@H]5CCCN5C)[nH]4)cn3)cc2)[nH]1)c1ccccc1. The quantitative estimate of drug-likeness (QED) is 0.184. The molecule has 0 radical (unpaired) electrons. The van der Waals surface area contributed by atoms with E-state index in [9.17, 15) is 9.59 Å². The number of aromatic amines is 2. The van der Waals surface area contributed by atoms with E-state index in [0.29, 0.717) is 17.4 Å². The lowest BCUT2D eigenvalue weighted by Crippen LogP contribution is -2.41. The molecule has 2 aromatic carbocycles. The van der Waals surface area contributed by atoms with E-state index in [1.807, 2.05) is 43.5 Å². The molecule has 0 bridgehead atoms. The Labute approximate surface area is 260 Å². The Morgan fingerprint density at radius 3 is 2.27 bits per heavy atom. The number of nitrogens with one attached hydrogen (secondary N) is 4. The molecule has 12 nitrogen and oxygen atoms in total. The Morgan fingerprint density at radius 1 is 0.867 bits per heavy atom. The molecule has 0 saturated carbocycles. The van der Waals surface area contributed by atoms with Crippen molar-refractivity contribution >= 4 is 12.0 Å². The summed E-state index contributed by atoms with van der Waals surface area (Å²) in [6, 6.07) is 15.9. The number of carbonyl (C=O) groups excluding carboxylic acids is 2. The molecular formula is C33H35N9O3. The van der Waals surface area contributed by atoms with Crippen LogP contribution in [0.25, 0.3) is 33.9 Å². The number of carbonyl (C=O) groups is 2. The van der Waals surface area contributed by atoms with Gasteiger partial charge in [0.15, 0.2) is 0 Å². The van der Waals surface area contributed by atoms with E-state index in [1.54, 1.807) is 42.9 Å². The number of benzene rings is 2. The average Bonchev–Trinajstić information content (AvgIpc) is 3.85. The van der Waals surface area contributed by atoms with Gasteiger partial charge in [-0.05, 0) is 44.5 Å². The highest BCUT2D eigenvalue weighted by molar-refractivity contribution is 5.87. The van der Waals surface area contributed by atoms with Crippen LogP contribution in [0, 0.1) is 0 Å². The fourth-order valence-electron chi connectivity index (χ4n) is 5.52. The second-order valence-corrected chi connectivity index (χ2v) is 11.1. The van der Waals surface area contributed by atoms with Gasteiger partial charge in [-0.3, -0.25) is 19.7 Å². The minimum Gasteiger partial charge on any atom is -0.453 e. The van der Waals surface area contributed by atoms with E-state index < -0.39 is 18.2 Å². The Balaban J connectivity index is 1.10. The van der Waals surface area contributed by atoms with Crippen LogP contribution in [0.3, 0.4) is 0 Å². The number of aromatic nitrogens is 6. The highest BCUT2D eigenvalue weighted by atomic mass is 16.5. The molecule has 6 rings (SSSR count). The Morgan fingerprint density at radius 2 is 1.58 bits per heavy atom. The Bertz CT molecular complexity index is 1750. The molecule has 4 N–H and O–H groups in total. The highest BCUT2D eigenvalue weighted by Gasteiger charge is 2.26. The van der Waals surface area contributed by atoms with Gasteiger partial charge in [0.2, 0.25) is 5.91 Å². The van der Waals surface area contributed by atoms with Crippen molar-refractivity contribution in [2.75, 3.05) is 20.7 Å². The predicted molar refractivity (Wildman–Crippen MR) is 169 cm³/mol. The molecule has 3 atom stereocenters. The largest absolute Gasteiger partial charge is 0.453 e. The summed E-state index contributed by atoms with van der Waals surface area (Å²) >= 11 is 0. The fourth-order valence-corrected chi connectivity index (χ4v) is 5.52. The summed E-state index contributed by atoms with van der Waals surface area (Å²) < 4.78 is 4.71. The first kappa shape index (κ1) is 29.7. The summed E-state index contributed by atoms with van der Waals surface area (Å²) in [6.07, 6.45) is 8.66. The molecule has 0 spiro atoms. The van der Waals surface area contributed by atoms with Crippen LogP contribution in [0.1, 0.15) is 55.1 Å². The Hall–Kier alpha value is -5.36. The summed E-state index contributed by atoms with van der Waals surface area (Å²) in [6.45, 7) is 2.91. The number of nitrogens with zero attached hydrogens (tertiary/aromatic N) is 5. The third kappa shape index (κ3) is 6.60. The number of H-pyrrole nitrogens is 2. The van der Waals surface area contributed by atoms with Gasteiger partial charge in [0.25, 0.3) is 0 Å². The van der Waals surface area contributed by atoms with Gasteiger partial charge in [-0.1, -0.05) is 54.6 Å². The number of likely N-dealkylation sites (tertiary alicyclic amines) is 1. The molecule has 1 fully saturated rings. The van der Waals surface area contributed by atoms with Crippen molar-refractivity contribution in [3.63, 3.8) is 0 Å². The summed E-state index contributed by atoms with van der Waals surface area (Å²) in [4.78, 5) is 52.5. The maximum atomic E-state index is 13.2. The molecule has 1 saturated heterocycles. The molecule has 45 heavy (non-hydrogen) atoms. The van der Waals surface area contributed by atoms with Crippen LogP contribution in [-0.4, -0.2) is 67.5 Å². The van der Waals surface area contributed by atoms with Crippen LogP contribution in [-0.2, 0) is 9.53 Å². The number of imidazole rings is 2. The van der Waals surface area contributed by atoms with Gasteiger partial charge in [-0.25, -0.2) is 14.8 Å². The van der Waals surface area contributed by atoms with Gasteiger partial charge in [-0.15, -0.1) is 0 Å². The second kappa shape index (κ2) is 13.1. The van der Waals surface area contributed by atoms with Crippen molar-refractivity contribution in [1.82, 2.24) is 45.4 Å². The normalized spacial score (nSPS) is 16.2. The zero-order valence-corrected chi connectivity index (χ0v) is 25.3. The van der Waals surface area contributed by atoms with Crippen molar-refractivity contribution in [2.45, 2.75) is 37.9 Å². The van der Waals surface area contributed by atoms with Crippen molar-refractivity contribution < 1.29 is 14.3 Å². The van der Waals surface area contributed by atoms with Crippen molar-refractivity contribution in [3.8, 4) is 33.9 Å². The second-order valence-electron chi connectivity index (χ2n) is 11.1. The molecule has 3 aromatic heterocycles. The first-order chi connectivity index (χ1) is 21.9. The third-order valence-electron chi connectivity index (χ3n) is 8.06. The van der Waals surface area contributed by atoms with Gasteiger partial charge in [0.05, 0.1) is 61.1 Å². The molecule has 1 aliphatic heterocycles. The molecule has 0 aliphatic carbocycles. The summed E-state index contributed by atoms with van der Waals surface area (Å²) in [5.41, 5.74) is 5.66. The van der Waals surface area contributed by atoms with E-state index in [0.717, 1.165) is 52.7 Å². The summed E-state index contributed by atoms with van der Waals surface area (Å²) in [5, 5.41) is 5.52. The van der Waals surface area contributed by atoms with E-state index in [-0.39, 0.29) is 5.91 Å². The van der Waals surface area contributed by atoms with Crippen LogP contribution in [0.4, 0.5) is 4.79 Å². The molecule has 5 aromatic rings. The first-order valence-corrected chi connectivity index (χ1v) is 14.8. The molecule has 230 valence electrons. The average molecular weight is 606 g/mol. The number of amides is 2. The smallest absolute Gasteiger partial charge is 0.407 e. The zero-order valence-electron chi connectivity index (χ0n) is 25.3. The van der Waals surface area contributed by atoms with E-state index >= 15 is 0 Å². The van der Waals surface area contributed by atoms with Crippen LogP contribution < -0.4 is 10.6 Å². The van der Waals surface area contributed by atoms with Crippen molar-refractivity contribution in [1.29, 1.82) is 0 Å². The lowest BCUT2D eigenvalue weighted by molar-refractivity contribution is -0.123. The number of hydrogen-bond acceptors (Lipinski definition) is 8. The summed E-state index contributed by atoms with van der Waals surface area (Å²) in [7, 11) is 3.38. The lowest BCUT2D eigenvalue weighted by atomic mass is 10.1. The number of ether oxygens (including phenoxy) is 1. The molecule has 4 heterocycles. The monoisotopic (exact) mass is 605 g/mol. The number of hydrogen-bond donors (Lipinski definition) is 4. The number of rotatable bonds is 9. The fraction of sp³-hybridized carbons (Fsp3) is 0.273. The van der Waals surface area contributed by atoms with Gasteiger partial charge in [0, 0.05) is 5.56 Å². The minimum atomic E-state index is -0.920. The van der Waals surface area contributed by atoms with Gasteiger partial charge >= 0.3 is 6.09 Å². The number of methoxy groups -OCH3 is 1. The molecule has 12 heteroatoms. The Kier molecular flexibility index (Phi) is 8.65. The topological polar surface area (TPSA) is 154 Å². The zero-order chi connectivity index (χ0) is 31.3. The van der Waals surface area contributed by atoms with Crippen LogP contribution in [0.5, 0.6) is 0 Å². The molecular weight excluding hydrogens is 570 g/mol.